The highest BCUT2D eigenvalue weighted by molar-refractivity contribution is 5.24. The van der Waals surface area contributed by atoms with Crippen LogP contribution in [0.3, 0.4) is 0 Å². The Labute approximate surface area is 211 Å². The predicted octanol–water partition coefficient (Wildman–Crippen LogP) is 10.2. The molecule has 0 unspecified atom stereocenters. The van der Waals surface area contributed by atoms with Crippen LogP contribution >= 0.6 is 0 Å². The highest BCUT2D eigenvalue weighted by atomic mass is 19.1. The number of hydrogen-bond donors (Lipinski definition) is 0. The molecule has 0 radical (unpaired) electrons. The average Bonchev–Trinajstić information content (AvgIpc) is 2.80. The number of benzene rings is 3. The summed E-state index contributed by atoms with van der Waals surface area (Å²) < 4.78 is 37.8. The van der Waals surface area contributed by atoms with E-state index in [1.54, 1.807) is 19.9 Å². The molecule has 0 saturated heterocycles. The zero-order valence-corrected chi connectivity index (χ0v) is 22.8. The minimum atomic E-state index is -0.475. The van der Waals surface area contributed by atoms with Gasteiger partial charge in [-0.1, -0.05) is 87.1 Å². The number of halogens is 3. The normalized spacial score (nSPS) is 16.5. The highest BCUT2D eigenvalue weighted by Gasteiger charge is 2.13. The average molecular weight is 485 g/mol. The van der Waals surface area contributed by atoms with Gasteiger partial charge < -0.3 is 0 Å². The van der Waals surface area contributed by atoms with E-state index in [2.05, 4.69) is 52.0 Å². The summed E-state index contributed by atoms with van der Waals surface area (Å²) in [7, 11) is 0. The minimum absolute atomic E-state index is 0.0885. The molecule has 0 spiro atoms. The first kappa shape index (κ1) is 30.5. The van der Waals surface area contributed by atoms with E-state index in [1.165, 1.54) is 61.9 Å². The molecule has 3 aromatic carbocycles. The van der Waals surface area contributed by atoms with Crippen LogP contribution in [0.15, 0.2) is 54.6 Å². The SMILES string of the molecule is CC1CCC(C)CC1.Cc1cc(F)c(C)c(F)c1.Cc1ccc(C)c(F)c1.Cc1ccc(C)cc1. The molecule has 3 heteroatoms. The van der Waals surface area contributed by atoms with Crippen LogP contribution in [0, 0.1) is 70.8 Å². The van der Waals surface area contributed by atoms with Gasteiger partial charge in [-0.05, 0) is 88.3 Å². The second-order valence-electron chi connectivity index (χ2n) is 10.1. The van der Waals surface area contributed by atoms with Crippen molar-refractivity contribution in [2.24, 2.45) is 11.8 Å². The molecule has 0 amide bonds. The van der Waals surface area contributed by atoms with Gasteiger partial charge in [0.15, 0.2) is 0 Å². The summed E-state index contributed by atoms with van der Waals surface area (Å²) in [4.78, 5) is 0. The Hall–Kier alpha value is -2.55. The third-order valence-corrected chi connectivity index (χ3v) is 6.28. The Morgan fingerprint density at radius 1 is 0.486 bits per heavy atom. The quantitative estimate of drug-likeness (QED) is 0.298. The van der Waals surface area contributed by atoms with Gasteiger partial charge >= 0.3 is 0 Å². The lowest BCUT2D eigenvalue weighted by Crippen LogP contribution is -2.08. The van der Waals surface area contributed by atoms with E-state index in [1.807, 2.05) is 13.0 Å². The molecule has 0 aromatic heterocycles. The molecule has 0 nitrogen and oxygen atoms in total. The maximum Gasteiger partial charge on any atom is 0.129 e. The molecule has 0 aliphatic heterocycles. The topological polar surface area (TPSA) is 0 Å². The van der Waals surface area contributed by atoms with Gasteiger partial charge in [0.25, 0.3) is 0 Å². The van der Waals surface area contributed by atoms with Gasteiger partial charge in [-0.2, -0.15) is 0 Å². The van der Waals surface area contributed by atoms with E-state index in [4.69, 9.17) is 0 Å². The van der Waals surface area contributed by atoms with Gasteiger partial charge in [0.05, 0.1) is 0 Å². The molecule has 1 aliphatic rings. The van der Waals surface area contributed by atoms with Crippen LogP contribution in [0.25, 0.3) is 0 Å². The zero-order chi connectivity index (χ0) is 26.5. The fourth-order valence-electron chi connectivity index (χ4n) is 3.53. The fourth-order valence-corrected chi connectivity index (χ4v) is 3.53. The summed E-state index contributed by atoms with van der Waals surface area (Å²) >= 11 is 0. The van der Waals surface area contributed by atoms with E-state index in [-0.39, 0.29) is 11.4 Å². The molecular weight excluding hydrogens is 441 g/mol. The molecular formula is C32H43F3. The fraction of sp³-hybridized carbons (Fsp3) is 0.438. The Balaban J connectivity index is 0.000000234. The van der Waals surface area contributed by atoms with Crippen molar-refractivity contribution in [2.75, 3.05) is 0 Å². The Kier molecular flexibility index (Phi) is 13.5. The molecule has 192 valence electrons. The summed E-state index contributed by atoms with van der Waals surface area (Å²) in [6.45, 7) is 15.6. The molecule has 4 rings (SSSR count). The summed E-state index contributed by atoms with van der Waals surface area (Å²) in [6.07, 6.45) is 5.89. The molecule has 0 bridgehead atoms. The van der Waals surface area contributed by atoms with Crippen molar-refractivity contribution in [2.45, 2.75) is 81.1 Å². The highest BCUT2D eigenvalue weighted by Crippen LogP contribution is 2.27. The van der Waals surface area contributed by atoms with Crippen molar-refractivity contribution in [3.8, 4) is 0 Å². The molecule has 1 fully saturated rings. The molecule has 0 N–H and O–H groups in total. The van der Waals surface area contributed by atoms with Gasteiger partial charge in [-0.15, -0.1) is 0 Å². The van der Waals surface area contributed by atoms with Crippen LogP contribution in [0.5, 0.6) is 0 Å². The lowest BCUT2D eigenvalue weighted by atomic mass is 9.84. The van der Waals surface area contributed by atoms with E-state index in [0.717, 1.165) is 17.4 Å². The zero-order valence-electron chi connectivity index (χ0n) is 22.8. The first-order chi connectivity index (χ1) is 16.4. The smallest absolute Gasteiger partial charge is 0.129 e. The summed E-state index contributed by atoms with van der Waals surface area (Å²) in [6, 6.07) is 16.3. The van der Waals surface area contributed by atoms with Crippen LogP contribution in [0.1, 0.15) is 72.9 Å². The Morgan fingerprint density at radius 2 is 0.829 bits per heavy atom. The summed E-state index contributed by atoms with van der Waals surface area (Å²) in [5.41, 5.74) is 5.04. The van der Waals surface area contributed by atoms with Gasteiger partial charge in [0, 0.05) is 5.56 Å². The van der Waals surface area contributed by atoms with Gasteiger partial charge in [0.2, 0.25) is 0 Å². The lowest BCUT2D eigenvalue weighted by molar-refractivity contribution is 0.308. The number of aryl methyl sites for hydroxylation is 5. The van der Waals surface area contributed by atoms with Crippen LogP contribution in [0.4, 0.5) is 13.2 Å². The molecule has 1 aliphatic carbocycles. The van der Waals surface area contributed by atoms with Gasteiger partial charge in [-0.25, -0.2) is 13.2 Å². The van der Waals surface area contributed by atoms with E-state index >= 15 is 0 Å². The second-order valence-corrected chi connectivity index (χ2v) is 10.1. The maximum absolute atomic E-state index is 12.6. The van der Waals surface area contributed by atoms with Crippen LogP contribution < -0.4 is 0 Å². The van der Waals surface area contributed by atoms with Crippen molar-refractivity contribution >= 4 is 0 Å². The summed E-state index contributed by atoms with van der Waals surface area (Å²) in [5, 5.41) is 0. The predicted molar refractivity (Wildman–Crippen MR) is 144 cm³/mol. The van der Waals surface area contributed by atoms with E-state index < -0.39 is 11.6 Å². The van der Waals surface area contributed by atoms with Crippen molar-refractivity contribution in [3.63, 3.8) is 0 Å². The van der Waals surface area contributed by atoms with Crippen molar-refractivity contribution in [1.82, 2.24) is 0 Å². The van der Waals surface area contributed by atoms with Crippen LogP contribution in [-0.2, 0) is 0 Å². The molecule has 3 aromatic rings. The van der Waals surface area contributed by atoms with Gasteiger partial charge in [0.1, 0.15) is 17.5 Å². The first-order valence-electron chi connectivity index (χ1n) is 12.6. The Morgan fingerprint density at radius 3 is 1.17 bits per heavy atom. The second kappa shape index (κ2) is 15.4. The summed E-state index contributed by atoms with van der Waals surface area (Å²) in [5.74, 6) is 0.974. The number of hydrogen-bond acceptors (Lipinski definition) is 0. The van der Waals surface area contributed by atoms with Crippen LogP contribution in [0.2, 0.25) is 0 Å². The molecule has 0 atom stereocenters. The minimum Gasteiger partial charge on any atom is -0.207 e. The molecule has 35 heavy (non-hydrogen) atoms. The maximum atomic E-state index is 12.6. The van der Waals surface area contributed by atoms with Crippen molar-refractivity contribution < 1.29 is 13.2 Å². The third-order valence-electron chi connectivity index (χ3n) is 6.28. The van der Waals surface area contributed by atoms with Crippen molar-refractivity contribution in [1.29, 1.82) is 0 Å². The Bertz CT molecular complexity index is 959. The largest absolute Gasteiger partial charge is 0.207 e. The monoisotopic (exact) mass is 484 g/mol. The standard InChI is InChI=1S/C8H8F2.C8H9F.C8H16.C8H10/c1-5-3-7(9)6(2)8(10)4-5;1-6-3-4-7(2)8(9)5-6;2*1-7-3-5-8(2)6-4-7/h3-4H,1-2H3;3-5H,1-2H3;7-8H,3-6H2,1-2H3;3-6H,1-2H3. The molecule has 0 heterocycles. The first-order valence-corrected chi connectivity index (χ1v) is 12.6. The van der Waals surface area contributed by atoms with E-state index in [0.29, 0.717) is 11.1 Å². The van der Waals surface area contributed by atoms with Crippen LogP contribution in [-0.4, -0.2) is 0 Å². The van der Waals surface area contributed by atoms with Crippen molar-refractivity contribution in [3.05, 3.63) is 105 Å². The molecule has 1 saturated carbocycles. The van der Waals surface area contributed by atoms with Gasteiger partial charge in [-0.3, -0.25) is 0 Å². The third kappa shape index (κ3) is 12.6. The van der Waals surface area contributed by atoms with E-state index in [9.17, 15) is 13.2 Å². The number of rotatable bonds is 0. The lowest BCUT2D eigenvalue weighted by Gasteiger charge is -2.22.